The van der Waals surface area contributed by atoms with Crippen LogP contribution >= 0.6 is 12.8 Å². The molecule has 0 spiro atoms. The maximum absolute atomic E-state index is 11.1. The fraction of sp³-hybridized carbons (Fsp3) is 0.250. The predicted molar refractivity (Wildman–Crippen MR) is 52.8 cm³/mol. The third-order valence-electron chi connectivity index (χ3n) is 1.53. The van der Waals surface area contributed by atoms with E-state index in [-0.39, 0.29) is 0 Å². The summed E-state index contributed by atoms with van der Waals surface area (Å²) in [6.07, 6.45) is 1.04. The fourth-order valence-electron chi connectivity index (χ4n) is 0.872. The average Bonchev–Trinajstić information content (AvgIpc) is 2.16. The molecule has 0 saturated carbocycles. The van der Waals surface area contributed by atoms with Gasteiger partial charge >= 0.3 is 6.09 Å². The number of amides is 1. The number of aryl methyl sites for hydroxylation is 1. The number of hydrogen-bond donors (Lipinski definition) is 1. The Morgan fingerprint density at radius 3 is 2.92 bits per heavy atom. The molecule has 0 unspecified atom stereocenters. The second-order valence-corrected chi connectivity index (χ2v) is 2.83. The van der Waals surface area contributed by atoms with Crippen LogP contribution < -0.4 is 4.31 Å². The Balaban J connectivity index is 2.95. The molecule has 0 aromatic carbocycles. The van der Waals surface area contributed by atoms with Crippen molar-refractivity contribution in [1.29, 1.82) is 0 Å². The molecule has 0 atom stereocenters. The molecule has 0 aliphatic rings. The maximum atomic E-state index is 11.1. The molecule has 0 bridgehead atoms. The van der Waals surface area contributed by atoms with E-state index in [2.05, 4.69) is 22.5 Å². The van der Waals surface area contributed by atoms with Gasteiger partial charge in [-0.15, -0.1) is 0 Å². The minimum atomic E-state index is -0.551. The van der Waals surface area contributed by atoms with Gasteiger partial charge < -0.3 is 4.74 Å². The van der Waals surface area contributed by atoms with E-state index in [9.17, 15) is 4.79 Å². The number of methoxy groups -OCH3 is 1. The molecule has 1 amide bonds. The van der Waals surface area contributed by atoms with Gasteiger partial charge in [-0.25, -0.2) is 14.1 Å². The van der Waals surface area contributed by atoms with Gasteiger partial charge in [0, 0.05) is 6.20 Å². The normalized spacial score (nSPS) is 9.46. The first-order valence-corrected chi connectivity index (χ1v) is 4.05. The molecule has 0 radical (unpaired) electrons. The molecule has 0 saturated heterocycles. The van der Waals surface area contributed by atoms with Gasteiger partial charge in [-0.1, -0.05) is 18.9 Å². The van der Waals surface area contributed by atoms with E-state index in [1.54, 1.807) is 12.3 Å². The van der Waals surface area contributed by atoms with Crippen LogP contribution in [0, 0.1) is 6.92 Å². The zero-order chi connectivity index (χ0) is 9.84. The minimum Gasteiger partial charge on any atom is -0.452 e. The van der Waals surface area contributed by atoms with E-state index in [1.807, 2.05) is 13.0 Å². The zero-order valence-corrected chi connectivity index (χ0v) is 8.28. The lowest BCUT2D eigenvalue weighted by atomic mass is 10.3. The first-order chi connectivity index (χ1) is 6.16. The van der Waals surface area contributed by atoms with Crippen molar-refractivity contribution in [3.8, 4) is 0 Å². The Morgan fingerprint density at radius 1 is 1.69 bits per heavy atom. The number of carbonyl (C=O) groups excluding carboxylic acids is 1. The summed E-state index contributed by atoms with van der Waals surface area (Å²) in [6.45, 7) is 1.84. The van der Waals surface area contributed by atoms with Gasteiger partial charge in [0.1, 0.15) is 0 Å². The summed E-state index contributed by atoms with van der Waals surface area (Å²) in [6, 6.07) is 3.63. The second kappa shape index (κ2) is 4.13. The number of anilines is 1. The molecule has 0 fully saturated rings. The predicted octanol–water partition coefficient (Wildman–Crippen LogP) is 1.81. The lowest BCUT2D eigenvalue weighted by Gasteiger charge is -2.14. The molecule has 1 aromatic heterocycles. The second-order valence-electron chi connectivity index (χ2n) is 2.43. The molecule has 13 heavy (non-hydrogen) atoms. The average molecular weight is 198 g/mol. The summed E-state index contributed by atoms with van der Waals surface area (Å²) in [7, 11) is 1.30. The Morgan fingerprint density at radius 2 is 2.38 bits per heavy atom. The van der Waals surface area contributed by atoms with Crippen LogP contribution in [0.5, 0.6) is 0 Å². The molecule has 1 heterocycles. The van der Waals surface area contributed by atoms with Crippen molar-refractivity contribution in [2.24, 2.45) is 0 Å². The van der Waals surface area contributed by atoms with Gasteiger partial charge in [0.2, 0.25) is 0 Å². The molecule has 4 nitrogen and oxygen atoms in total. The van der Waals surface area contributed by atoms with Crippen LogP contribution in [0.15, 0.2) is 18.3 Å². The quantitative estimate of drug-likeness (QED) is 0.700. The molecule has 0 aliphatic carbocycles. The van der Waals surface area contributed by atoms with Crippen LogP contribution in [0.2, 0.25) is 0 Å². The summed E-state index contributed by atoms with van der Waals surface area (Å²) in [5, 5.41) is 0. The van der Waals surface area contributed by atoms with E-state index in [4.69, 9.17) is 0 Å². The van der Waals surface area contributed by atoms with Crippen molar-refractivity contribution in [3.63, 3.8) is 0 Å². The molecule has 1 aromatic rings. The standard InChI is InChI=1S/C8H10N2O2S/c1-6-4-3-5-9-7(6)10(13)8(11)12-2/h3-5,13H,1-2H3. The van der Waals surface area contributed by atoms with Crippen LogP contribution in [0.25, 0.3) is 0 Å². The summed E-state index contributed by atoms with van der Waals surface area (Å²) >= 11 is 3.96. The molecular weight excluding hydrogens is 188 g/mol. The van der Waals surface area contributed by atoms with Crippen molar-refractivity contribution in [2.45, 2.75) is 6.92 Å². The lowest BCUT2D eigenvalue weighted by Crippen LogP contribution is -2.22. The van der Waals surface area contributed by atoms with Gasteiger partial charge in [-0.3, -0.25) is 0 Å². The fourth-order valence-corrected chi connectivity index (χ4v) is 1.16. The number of thiol groups is 1. The highest BCUT2D eigenvalue weighted by atomic mass is 32.1. The van der Waals surface area contributed by atoms with Crippen molar-refractivity contribution < 1.29 is 9.53 Å². The van der Waals surface area contributed by atoms with Crippen LogP contribution in [-0.2, 0) is 4.74 Å². The summed E-state index contributed by atoms with van der Waals surface area (Å²) < 4.78 is 5.56. The molecule has 70 valence electrons. The number of hydrogen-bond acceptors (Lipinski definition) is 4. The summed E-state index contributed by atoms with van der Waals surface area (Å²) in [5.41, 5.74) is 0.864. The van der Waals surface area contributed by atoms with Crippen LogP contribution in [0.1, 0.15) is 5.56 Å². The topological polar surface area (TPSA) is 42.4 Å². The number of pyridine rings is 1. The number of rotatable bonds is 1. The van der Waals surface area contributed by atoms with Gasteiger partial charge in [0.05, 0.1) is 7.11 Å². The van der Waals surface area contributed by atoms with Gasteiger partial charge in [-0.05, 0) is 18.6 Å². The van der Waals surface area contributed by atoms with E-state index in [0.29, 0.717) is 5.82 Å². The lowest BCUT2D eigenvalue weighted by molar-refractivity contribution is 0.183. The number of ether oxygens (including phenoxy) is 1. The van der Waals surface area contributed by atoms with Crippen molar-refractivity contribution in [1.82, 2.24) is 4.98 Å². The first-order valence-electron chi connectivity index (χ1n) is 3.65. The van der Waals surface area contributed by atoms with Gasteiger partial charge in [0.15, 0.2) is 5.82 Å². The third-order valence-corrected chi connectivity index (χ3v) is 1.88. The summed E-state index contributed by atoms with van der Waals surface area (Å²) in [4.78, 5) is 15.0. The largest absolute Gasteiger partial charge is 0.452 e. The van der Waals surface area contributed by atoms with E-state index in [0.717, 1.165) is 9.87 Å². The molecule has 5 heteroatoms. The summed E-state index contributed by atoms with van der Waals surface area (Å²) in [5.74, 6) is 0.484. The Hall–Kier alpha value is -1.23. The van der Waals surface area contributed by atoms with Crippen LogP contribution in [-0.4, -0.2) is 18.2 Å². The number of aromatic nitrogens is 1. The van der Waals surface area contributed by atoms with E-state index >= 15 is 0 Å². The maximum Gasteiger partial charge on any atom is 0.425 e. The number of nitrogens with zero attached hydrogens (tertiary/aromatic N) is 2. The van der Waals surface area contributed by atoms with Crippen molar-refractivity contribution in [3.05, 3.63) is 23.9 Å². The Kier molecular flexibility index (Phi) is 3.13. The van der Waals surface area contributed by atoms with E-state index in [1.165, 1.54) is 7.11 Å². The Labute approximate surface area is 82.1 Å². The van der Waals surface area contributed by atoms with Gasteiger partial charge in [0.25, 0.3) is 0 Å². The smallest absolute Gasteiger partial charge is 0.425 e. The SMILES string of the molecule is COC(=O)N(S)c1ncccc1C. The highest BCUT2D eigenvalue weighted by Crippen LogP contribution is 2.17. The number of carbonyl (C=O) groups is 1. The van der Waals surface area contributed by atoms with Crippen LogP contribution in [0.4, 0.5) is 10.6 Å². The van der Waals surface area contributed by atoms with E-state index < -0.39 is 6.09 Å². The Bertz CT molecular complexity index is 317. The highest BCUT2D eigenvalue weighted by Gasteiger charge is 2.14. The molecule has 0 aliphatic heterocycles. The minimum absolute atomic E-state index is 0.484. The first kappa shape index (κ1) is 9.85. The van der Waals surface area contributed by atoms with Crippen molar-refractivity contribution >= 4 is 24.7 Å². The van der Waals surface area contributed by atoms with Crippen molar-refractivity contribution in [2.75, 3.05) is 11.4 Å². The highest BCUT2D eigenvalue weighted by molar-refractivity contribution is 7.82. The zero-order valence-electron chi connectivity index (χ0n) is 7.39. The monoisotopic (exact) mass is 198 g/mol. The molecule has 1 rings (SSSR count). The third kappa shape index (κ3) is 2.12. The van der Waals surface area contributed by atoms with Crippen LogP contribution in [0.3, 0.4) is 0 Å². The molecular formula is C8H10N2O2S. The van der Waals surface area contributed by atoms with Gasteiger partial charge in [-0.2, -0.15) is 0 Å². The molecule has 0 N–H and O–H groups in total.